The van der Waals surface area contributed by atoms with Crippen LogP contribution in [0.25, 0.3) is 0 Å². The highest BCUT2D eigenvalue weighted by Gasteiger charge is 2.27. The maximum atomic E-state index is 10.3. The van der Waals surface area contributed by atoms with Crippen molar-refractivity contribution in [2.24, 2.45) is 5.41 Å². The van der Waals surface area contributed by atoms with E-state index < -0.39 is 0 Å². The van der Waals surface area contributed by atoms with Crippen molar-refractivity contribution in [3.63, 3.8) is 0 Å². The second-order valence-electron chi connectivity index (χ2n) is 6.40. The Morgan fingerprint density at radius 2 is 1.95 bits per heavy atom. The summed E-state index contributed by atoms with van der Waals surface area (Å²) in [5, 5.41) is 0. The molecular weight excluding hydrogens is 256 g/mol. The first kappa shape index (κ1) is 17.2. The first-order chi connectivity index (χ1) is 9.86. The van der Waals surface area contributed by atoms with E-state index in [2.05, 4.69) is 32.6 Å². The molecule has 1 nitrogen and oxygen atoms in total. The standard InChI is InChI=1S/C20H26O/c1-16(8-6-9-17(2)13-15-21)11-12-19-18(3)10-7-14-20(19,4)5/h6,8-9,13,15H,7,10,14H2,1-5H3/b9-6+,16-8+,17-13+. The summed E-state index contributed by atoms with van der Waals surface area (Å²) in [5.41, 5.74) is 4.92. The molecule has 21 heavy (non-hydrogen) atoms. The van der Waals surface area contributed by atoms with E-state index in [1.165, 1.54) is 30.4 Å². The molecule has 0 aromatic rings. The lowest BCUT2D eigenvalue weighted by atomic mass is 9.73. The smallest absolute Gasteiger partial charge is 0.143 e. The molecule has 1 aliphatic carbocycles. The maximum absolute atomic E-state index is 10.3. The van der Waals surface area contributed by atoms with Gasteiger partial charge in [-0.25, -0.2) is 0 Å². The highest BCUT2D eigenvalue weighted by Crippen LogP contribution is 2.39. The van der Waals surface area contributed by atoms with E-state index in [-0.39, 0.29) is 5.41 Å². The van der Waals surface area contributed by atoms with Crippen molar-refractivity contribution in [1.82, 2.24) is 0 Å². The molecular formula is C20H26O. The second-order valence-corrected chi connectivity index (χ2v) is 6.40. The van der Waals surface area contributed by atoms with Crippen molar-refractivity contribution in [3.8, 4) is 11.8 Å². The molecule has 0 N–H and O–H groups in total. The van der Waals surface area contributed by atoms with Gasteiger partial charge in [-0.2, -0.15) is 0 Å². The molecule has 112 valence electrons. The summed E-state index contributed by atoms with van der Waals surface area (Å²) in [4.78, 5) is 10.3. The van der Waals surface area contributed by atoms with E-state index in [4.69, 9.17) is 0 Å². The minimum atomic E-state index is 0.203. The van der Waals surface area contributed by atoms with Gasteiger partial charge in [-0.3, -0.25) is 4.79 Å². The van der Waals surface area contributed by atoms with E-state index >= 15 is 0 Å². The van der Waals surface area contributed by atoms with Gasteiger partial charge in [0.1, 0.15) is 6.29 Å². The molecule has 0 aromatic carbocycles. The van der Waals surface area contributed by atoms with E-state index in [0.717, 1.165) is 17.4 Å². The molecule has 0 bridgehead atoms. The van der Waals surface area contributed by atoms with Gasteiger partial charge >= 0.3 is 0 Å². The van der Waals surface area contributed by atoms with Gasteiger partial charge in [0.25, 0.3) is 0 Å². The van der Waals surface area contributed by atoms with Gasteiger partial charge in [0.05, 0.1) is 0 Å². The minimum Gasteiger partial charge on any atom is -0.299 e. The number of allylic oxidation sites excluding steroid dienone is 8. The Hall–Kier alpha value is -1.81. The third-order valence-electron chi connectivity index (χ3n) is 3.88. The Balaban J connectivity index is 2.86. The van der Waals surface area contributed by atoms with E-state index in [1.807, 2.05) is 32.1 Å². The predicted molar refractivity (Wildman–Crippen MR) is 90.8 cm³/mol. The summed E-state index contributed by atoms with van der Waals surface area (Å²) >= 11 is 0. The summed E-state index contributed by atoms with van der Waals surface area (Å²) in [6.07, 6.45) is 11.8. The molecule has 1 aliphatic rings. The molecule has 0 spiro atoms. The van der Waals surface area contributed by atoms with Crippen LogP contribution in [0.15, 0.2) is 46.6 Å². The van der Waals surface area contributed by atoms with Gasteiger partial charge in [0, 0.05) is 5.57 Å². The predicted octanol–water partition coefficient (Wildman–Crippen LogP) is 5.16. The normalized spacial score (nSPS) is 19.5. The van der Waals surface area contributed by atoms with E-state index in [9.17, 15) is 4.79 Å². The molecule has 0 fully saturated rings. The van der Waals surface area contributed by atoms with Crippen molar-refractivity contribution in [3.05, 3.63) is 46.6 Å². The SMILES string of the molecule is CC1=C(C#C/C(C)=C/C=C/C(C)=C/C=O)C(C)(C)CCC1. The van der Waals surface area contributed by atoms with Crippen LogP contribution in [0.1, 0.15) is 53.9 Å². The average Bonchev–Trinajstić information content (AvgIpc) is 2.37. The summed E-state index contributed by atoms with van der Waals surface area (Å²) in [5.74, 6) is 6.64. The lowest BCUT2D eigenvalue weighted by Gasteiger charge is -2.31. The Morgan fingerprint density at radius 1 is 1.24 bits per heavy atom. The fraction of sp³-hybridized carbons (Fsp3) is 0.450. The van der Waals surface area contributed by atoms with Gasteiger partial charge in [0.2, 0.25) is 0 Å². The zero-order valence-corrected chi connectivity index (χ0v) is 13.9. The molecule has 0 unspecified atom stereocenters. The van der Waals surface area contributed by atoms with Crippen LogP contribution in [0.2, 0.25) is 0 Å². The van der Waals surface area contributed by atoms with Crippen molar-refractivity contribution < 1.29 is 4.79 Å². The number of aldehydes is 1. The summed E-state index contributed by atoms with van der Waals surface area (Å²) in [6.45, 7) is 10.7. The Kier molecular flexibility index (Phi) is 6.43. The fourth-order valence-electron chi connectivity index (χ4n) is 2.61. The summed E-state index contributed by atoms with van der Waals surface area (Å²) in [6, 6.07) is 0. The maximum Gasteiger partial charge on any atom is 0.143 e. The number of carbonyl (C=O) groups excluding carboxylic acids is 1. The van der Waals surface area contributed by atoms with Crippen LogP contribution in [-0.2, 0) is 4.79 Å². The third-order valence-corrected chi connectivity index (χ3v) is 3.88. The quantitative estimate of drug-likeness (QED) is 0.302. The van der Waals surface area contributed by atoms with Crippen LogP contribution in [0.5, 0.6) is 0 Å². The zero-order valence-electron chi connectivity index (χ0n) is 13.9. The lowest BCUT2D eigenvalue weighted by molar-refractivity contribution is -0.104. The number of hydrogen-bond acceptors (Lipinski definition) is 1. The van der Waals surface area contributed by atoms with Crippen LogP contribution >= 0.6 is 0 Å². The van der Waals surface area contributed by atoms with Crippen LogP contribution in [0.4, 0.5) is 0 Å². The molecule has 0 saturated heterocycles. The molecule has 0 aliphatic heterocycles. The topological polar surface area (TPSA) is 17.1 Å². The second kappa shape index (κ2) is 7.84. The molecule has 0 amide bonds. The average molecular weight is 282 g/mol. The van der Waals surface area contributed by atoms with Crippen LogP contribution in [0.3, 0.4) is 0 Å². The van der Waals surface area contributed by atoms with Gasteiger partial charge < -0.3 is 0 Å². The highest BCUT2D eigenvalue weighted by molar-refractivity contribution is 5.67. The number of rotatable bonds is 3. The van der Waals surface area contributed by atoms with Crippen molar-refractivity contribution in [1.29, 1.82) is 0 Å². The van der Waals surface area contributed by atoms with Crippen LogP contribution < -0.4 is 0 Å². The van der Waals surface area contributed by atoms with E-state index in [0.29, 0.717) is 0 Å². The zero-order chi connectivity index (χ0) is 15.9. The van der Waals surface area contributed by atoms with Crippen molar-refractivity contribution in [2.45, 2.75) is 53.9 Å². The molecule has 1 heteroatoms. The fourth-order valence-corrected chi connectivity index (χ4v) is 2.61. The minimum absolute atomic E-state index is 0.203. The Morgan fingerprint density at radius 3 is 2.57 bits per heavy atom. The first-order valence-electron chi connectivity index (χ1n) is 7.56. The van der Waals surface area contributed by atoms with E-state index in [1.54, 1.807) is 6.08 Å². The van der Waals surface area contributed by atoms with Crippen LogP contribution in [-0.4, -0.2) is 6.29 Å². The van der Waals surface area contributed by atoms with Gasteiger partial charge in [-0.1, -0.05) is 49.5 Å². The van der Waals surface area contributed by atoms with Crippen molar-refractivity contribution in [2.75, 3.05) is 0 Å². The molecule has 0 radical (unpaired) electrons. The molecule has 1 rings (SSSR count). The summed E-state index contributed by atoms with van der Waals surface area (Å²) < 4.78 is 0. The highest BCUT2D eigenvalue weighted by atomic mass is 16.1. The van der Waals surface area contributed by atoms with Gasteiger partial charge in [0.15, 0.2) is 0 Å². The summed E-state index contributed by atoms with van der Waals surface area (Å²) in [7, 11) is 0. The third kappa shape index (κ3) is 5.60. The molecule has 0 aromatic heterocycles. The number of hydrogen-bond donors (Lipinski definition) is 0. The molecule has 0 atom stereocenters. The molecule has 0 saturated carbocycles. The largest absolute Gasteiger partial charge is 0.299 e. The first-order valence-corrected chi connectivity index (χ1v) is 7.56. The Bertz CT molecular complexity index is 569. The van der Waals surface area contributed by atoms with Crippen LogP contribution in [0, 0.1) is 17.3 Å². The number of carbonyl (C=O) groups is 1. The monoisotopic (exact) mass is 282 g/mol. The van der Waals surface area contributed by atoms with Gasteiger partial charge in [-0.05, 0) is 62.7 Å². The molecule has 0 heterocycles. The van der Waals surface area contributed by atoms with Gasteiger partial charge in [-0.15, -0.1) is 0 Å². The Labute approximate surface area is 129 Å². The van der Waals surface area contributed by atoms with Crippen molar-refractivity contribution >= 4 is 6.29 Å². The lowest BCUT2D eigenvalue weighted by Crippen LogP contribution is -2.19.